The number of fused-ring (bicyclic) bond motifs is 1. The van der Waals surface area contributed by atoms with E-state index in [1.54, 1.807) is 69.4 Å². The molecule has 5 aromatic rings. The lowest BCUT2D eigenvalue weighted by atomic mass is 10.1. The maximum atomic E-state index is 14.1. The van der Waals surface area contributed by atoms with Gasteiger partial charge in [0.25, 0.3) is 20.0 Å². The van der Waals surface area contributed by atoms with Crippen LogP contribution in [0.15, 0.2) is 116 Å². The smallest absolute Gasteiger partial charge is 0.344 e. The van der Waals surface area contributed by atoms with Crippen molar-refractivity contribution in [1.29, 1.82) is 0 Å². The molecule has 12 heteroatoms. The van der Waals surface area contributed by atoms with Crippen molar-refractivity contribution >= 4 is 42.6 Å². The molecule has 4 aromatic carbocycles. The lowest BCUT2D eigenvalue weighted by molar-refractivity contribution is -0.127. The van der Waals surface area contributed by atoms with Crippen LogP contribution < -0.4 is 14.1 Å². The molecule has 0 aliphatic carbocycles. The van der Waals surface area contributed by atoms with E-state index >= 15 is 0 Å². The van der Waals surface area contributed by atoms with Crippen LogP contribution in [-0.2, 0) is 24.8 Å². The minimum absolute atomic E-state index is 0.0950. The average Bonchev–Trinajstić information content (AvgIpc) is 3.01. The Hall–Kier alpha value is -4.94. The third-order valence-electron chi connectivity index (χ3n) is 7.38. The van der Waals surface area contributed by atoms with E-state index in [4.69, 9.17) is 9.15 Å². The standard InChI is InChI=1S/C34H32N2O8S2/c1-23-8-13-30(14-9-23)45(39,40)36(46(41,42)31-15-10-24(2)11-16-31)28-12-17-33-27(20-28)22-32(34(38)44-33)26-6-5-7-29(21-26)43-19-18-35(4)25(3)37/h5-17,20-22H,18-19H2,1-4H3. The predicted octanol–water partition coefficient (Wildman–Crippen LogP) is 5.52. The van der Waals surface area contributed by atoms with Crippen molar-refractivity contribution in [3.05, 3.63) is 119 Å². The van der Waals surface area contributed by atoms with E-state index in [0.717, 1.165) is 11.1 Å². The molecule has 0 atom stereocenters. The van der Waals surface area contributed by atoms with E-state index in [9.17, 15) is 26.4 Å². The van der Waals surface area contributed by atoms with Crippen LogP contribution in [0.5, 0.6) is 5.75 Å². The first-order valence-electron chi connectivity index (χ1n) is 14.2. The Balaban J connectivity index is 1.60. The topological polar surface area (TPSA) is 131 Å². The van der Waals surface area contributed by atoms with E-state index in [-0.39, 0.29) is 39.1 Å². The summed E-state index contributed by atoms with van der Waals surface area (Å²) in [7, 11) is -7.62. The van der Waals surface area contributed by atoms with E-state index < -0.39 is 25.7 Å². The molecule has 0 aliphatic rings. The van der Waals surface area contributed by atoms with Gasteiger partial charge < -0.3 is 14.1 Å². The zero-order chi connectivity index (χ0) is 33.2. The van der Waals surface area contributed by atoms with Crippen molar-refractivity contribution < 1.29 is 30.8 Å². The molecule has 0 bridgehead atoms. The van der Waals surface area contributed by atoms with Crippen molar-refractivity contribution in [3.8, 4) is 16.9 Å². The zero-order valence-electron chi connectivity index (χ0n) is 25.6. The first-order chi connectivity index (χ1) is 21.8. The summed E-state index contributed by atoms with van der Waals surface area (Å²) >= 11 is 0. The fraction of sp³-hybridized carbons (Fsp3) is 0.176. The van der Waals surface area contributed by atoms with E-state index in [1.165, 1.54) is 60.4 Å². The van der Waals surface area contributed by atoms with Crippen LogP contribution in [0.3, 0.4) is 0 Å². The zero-order valence-corrected chi connectivity index (χ0v) is 27.3. The number of sulfonamides is 2. The summed E-state index contributed by atoms with van der Waals surface area (Å²) in [6.07, 6.45) is 0. The first-order valence-corrected chi connectivity index (χ1v) is 17.1. The van der Waals surface area contributed by atoms with E-state index in [2.05, 4.69) is 0 Å². The molecule has 0 unspecified atom stereocenters. The second-order valence-corrected chi connectivity index (χ2v) is 14.6. The monoisotopic (exact) mass is 660 g/mol. The molecule has 238 valence electrons. The molecule has 10 nitrogen and oxygen atoms in total. The number of amides is 1. The van der Waals surface area contributed by atoms with Gasteiger partial charge in [-0.1, -0.05) is 47.5 Å². The second-order valence-electron chi connectivity index (χ2n) is 10.8. The summed E-state index contributed by atoms with van der Waals surface area (Å²) in [6.45, 7) is 5.64. The number of hydrogen-bond donors (Lipinski definition) is 0. The van der Waals surface area contributed by atoms with Crippen LogP contribution in [0.25, 0.3) is 22.1 Å². The number of hydrogen-bond acceptors (Lipinski definition) is 8. The van der Waals surface area contributed by atoms with Gasteiger partial charge in [-0.05, 0) is 80.1 Å². The normalized spacial score (nSPS) is 11.7. The minimum Gasteiger partial charge on any atom is -0.492 e. The number of aryl methyl sites for hydroxylation is 2. The van der Waals surface area contributed by atoms with Gasteiger partial charge in [-0.3, -0.25) is 4.79 Å². The largest absolute Gasteiger partial charge is 0.492 e. The number of ether oxygens (including phenoxy) is 1. The highest BCUT2D eigenvalue weighted by Crippen LogP contribution is 2.34. The van der Waals surface area contributed by atoms with Crippen LogP contribution in [0, 0.1) is 13.8 Å². The number of carbonyl (C=O) groups is 1. The van der Waals surface area contributed by atoms with E-state index in [1.807, 2.05) is 0 Å². The lowest BCUT2D eigenvalue weighted by Crippen LogP contribution is -2.37. The Morgan fingerprint density at radius 3 is 1.93 bits per heavy atom. The highest BCUT2D eigenvalue weighted by Gasteiger charge is 2.37. The van der Waals surface area contributed by atoms with Gasteiger partial charge in [-0.15, -0.1) is 0 Å². The third kappa shape index (κ3) is 6.68. The average molecular weight is 661 g/mol. The van der Waals surface area contributed by atoms with Crippen LogP contribution in [-0.4, -0.2) is 47.8 Å². The molecule has 1 heterocycles. The molecule has 1 amide bonds. The summed E-state index contributed by atoms with van der Waals surface area (Å²) in [5.41, 5.74) is 1.55. The second kappa shape index (κ2) is 12.8. The molecule has 0 fully saturated rings. The van der Waals surface area contributed by atoms with Gasteiger partial charge in [0.15, 0.2) is 0 Å². The van der Waals surface area contributed by atoms with Crippen LogP contribution in [0.4, 0.5) is 5.69 Å². The lowest BCUT2D eigenvalue weighted by Gasteiger charge is -2.24. The van der Waals surface area contributed by atoms with Crippen molar-refractivity contribution in [1.82, 2.24) is 4.90 Å². The summed E-state index contributed by atoms with van der Waals surface area (Å²) < 4.78 is 68.0. The van der Waals surface area contributed by atoms with Gasteiger partial charge in [0.1, 0.15) is 17.9 Å². The van der Waals surface area contributed by atoms with E-state index in [0.29, 0.717) is 27.0 Å². The molecule has 0 N–H and O–H groups in total. The van der Waals surface area contributed by atoms with Gasteiger partial charge in [0.2, 0.25) is 5.91 Å². The Morgan fingerprint density at radius 1 is 0.783 bits per heavy atom. The summed E-state index contributed by atoms with van der Waals surface area (Å²) in [5.74, 6) is 0.365. The van der Waals surface area contributed by atoms with Gasteiger partial charge >= 0.3 is 5.63 Å². The molecule has 1 aromatic heterocycles. The highest BCUT2D eigenvalue weighted by atomic mass is 32.3. The van der Waals surface area contributed by atoms with Gasteiger partial charge in [-0.2, -0.15) is 3.71 Å². The fourth-order valence-electron chi connectivity index (χ4n) is 4.66. The van der Waals surface area contributed by atoms with Crippen LogP contribution >= 0.6 is 0 Å². The number of nitrogens with zero attached hydrogens (tertiary/aromatic N) is 2. The molecule has 46 heavy (non-hydrogen) atoms. The predicted molar refractivity (Wildman–Crippen MR) is 176 cm³/mol. The van der Waals surface area contributed by atoms with Gasteiger partial charge in [0, 0.05) is 19.4 Å². The molecule has 5 rings (SSSR count). The van der Waals surface area contributed by atoms with Gasteiger partial charge in [0.05, 0.1) is 27.6 Å². The van der Waals surface area contributed by atoms with Crippen molar-refractivity contribution in [2.24, 2.45) is 0 Å². The molecular weight excluding hydrogens is 629 g/mol. The summed E-state index contributed by atoms with van der Waals surface area (Å²) in [5, 5.41) is 0.296. The highest BCUT2D eigenvalue weighted by molar-refractivity contribution is 8.10. The summed E-state index contributed by atoms with van der Waals surface area (Å²) in [4.78, 5) is 25.6. The number of anilines is 1. The van der Waals surface area contributed by atoms with Crippen molar-refractivity contribution in [3.63, 3.8) is 0 Å². The Morgan fingerprint density at radius 2 is 1.37 bits per heavy atom. The maximum Gasteiger partial charge on any atom is 0.344 e. The summed E-state index contributed by atoms with van der Waals surface area (Å²) in [6, 6.07) is 24.0. The molecule has 0 saturated heterocycles. The Kier molecular flexibility index (Phi) is 9.04. The molecule has 0 radical (unpaired) electrons. The van der Waals surface area contributed by atoms with Crippen molar-refractivity contribution in [2.75, 3.05) is 23.9 Å². The van der Waals surface area contributed by atoms with Crippen LogP contribution in [0.1, 0.15) is 18.1 Å². The quantitative estimate of drug-likeness (QED) is 0.179. The Bertz CT molecular complexity index is 2120. The number of likely N-dealkylation sites (N-methyl/N-ethyl adjacent to an activating group) is 1. The Labute approximate surface area is 267 Å². The molecule has 0 aliphatic heterocycles. The van der Waals surface area contributed by atoms with Gasteiger partial charge in [-0.25, -0.2) is 21.6 Å². The molecule has 0 spiro atoms. The first kappa shape index (κ1) is 32.5. The molecule has 0 saturated carbocycles. The fourth-order valence-corrected chi connectivity index (χ4v) is 8.33. The van der Waals surface area contributed by atoms with Crippen LogP contribution in [0.2, 0.25) is 0 Å². The number of carbonyl (C=O) groups excluding carboxylic acids is 1. The maximum absolute atomic E-state index is 14.1. The third-order valence-corrected chi connectivity index (χ3v) is 11.6. The molecular formula is C34H32N2O8S2. The number of rotatable bonds is 10. The van der Waals surface area contributed by atoms with Crippen molar-refractivity contribution in [2.45, 2.75) is 30.6 Å². The minimum atomic E-state index is -4.64. The number of benzene rings is 4. The SMILES string of the molecule is CC(=O)N(C)CCOc1cccc(-c2cc3cc(N(S(=O)(=O)c4ccc(C)cc4)S(=O)(=O)c4ccc(C)cc4)ccc3oc2=O)c1.